The van der Waals surface area contributed by atoms with Crippen molar-refractivity contribution in [2.75, 3.05) is 25.7 Å². The Labute approximate surface area is 139 Å². The molecule has 0 aromatic heterocycles. The molecule has 0 aliphatic carbocycles. The van der Waals surface area contributed by atoms with E-state index < -0.39 is 12.0 Å². The monoisotopic (exact) mass is 336 g/mol. The number of carbonyl (C=O) groups excluding carboxylic acids is 2. The van der Waals surface area contributed by atoms with E-state index in [1.165, 1.54) is 0 Å². The second-order valence-corrected chi connectivity index (χ2v) is 5.96. The average Bonchev–Trinajstić information content (AvgIpc) is 2.54. The first kappa shape index (κ1) is 17.2. The molecule has 0 saturated heterocycles. The minimum atomic E-state index is -0.569. The molecule has 6 nitrogen and oxygen atoms in total. The predicted molar refractivity (Wildman–Crippen MR) is 89.4 cm³/mol. The summed E-state index contributed by atoms with van der Waals surface area (Å²) in [5, 5.41) is 5.39. The van der Waals surface area contributed by atoms with Crippen molar-refractivity contribution in [2.45, 2.75) is 13.0 Å². The van der Waals surface area contributed by atoms with Gasteiger partial charge in [-0.05, 0) is 30.9 Å². The van der Waals surface area contributed by atoms with Gasteiger partial charge in [-0.15, -0.1) is 0 Å². The molecule has 1 aliphatic heterocycles. The molecule has 1 heterocycles. The summed E-state index contributed by atoms with van der Waals surface area (Å²) < 4.78 is 10.5. The van der Waals surface area contributed by atoms with Gasteiger partial charge in [0.2, 0.25) is 0 Å². The Morgan fingerprint density at radius 2 is 2.17 bits per heavy atom. The molecule has 124 valence electrons. The largest absolute Gasteiger partial charge is 0.497 e. The minimum absolute atomic E-state index is 0.329. The van der Waals surface area contributed by atoms with Gasteiger partial charge in [-0.1, -0.05) is 12.1 Å². The molecule has 1 aliphatic rings. The Balaban J connectivity index is 2.32. The summed E-state index contributed by atoms with van der Waals surface area (Å²) in [5.74, 6) is 0.946. The molecule has 0 bridgehead atoms. The molecule has 0 unspecified atom stereocenters. The van der Waals surface area contributed by atoms with Gasteiger partial charge in [-0.25, -0.2) is 9.59 Å². The van der Waals surface area contributed by atoms with Crippen molar-refractivity contribution in [1.82, 2.24) is 10.6 Å². The second-order valence-electron chi connectivity index (χ2n) is 4.98. The van der Waals surface area contributed by atoms with Crippen LogP contribution in [0.2, 0.25) is 0 Å². The van der Waals surface area contributed by atoms with Gasteiger partial charge in [0.25, 0.3) is 0 Å². The Morgan fingerprint density at radius 3 is 2.87 bits per heavy atom. The van der Waals surface area contributed by atoms with E-state index in [-0.39, 0.29) is 6.03 Å². The lowest BCUT2D eigenvalue weighted by Gasteiger charge is -2.28. The first-order chi connectivity index (χ1) is 11.1. The number of amides is 2. The van der Waals surface area contributed by atoms with Gasteiger partial charge < -0.3 is 20.1 Å². The smallest absolute Gasteiger partial charge is 0.338 e. The Hall–Kier alpha value is -2.15. The third kappa shape index (κ3) is 4.19. The molecule has 1 atom stereocenters. The zero-order valence-corrected chi connectivity index (χ0v) is 14.2. The van der Waals surface area contributed by atoms with E-state index in [2.05, 4.69) is 10.6 Å². The number of methoxy groups -OCH3 is 1. The summed E-state index contributed by atoms with van der Waals surface area (Å²) in [7, 11) is 1.57. The number of ether oxygens (including phenoxy) is 2. The van der Waals surface area contributed by atoms with E-state index in [0.29, 0.717) is 23.6 Å². The van der Waals surface area contributed by atoms with Gasteiger partial charge in [-0.3, -0.25) is 0 Å². The molecule has 2 N–H and O–H groups in total. The molecule has 2 rings (SSSR count). The van der Waals surface area contributed by atoms with E-state index in [0.717, 1.165) is 11.3 Å². The number of hydrogen-bond acceptors (Lipinski definition) is 5. The zero-order chi connectivity index (χ0) is 16.8. The normalized spacial score (nSPS) is 17.3. The van der Waals surface area contributed by atoms with Crippen LogP contribution < -0.4 is 15.4 Å². The molecule has 23 heavy (non-hydrogen) atoms. The summed E-state index contributed by atoms with van der Waals surface area (Å²) in [5.41, 5.74) is 1.66. The highest BCUT2D eigenvalue weighted by Crippen LogP contribution is 2.29. The Bertz CT molecular complexity index is 630. The average molecular weight is 336 g/mol. The first-order valence-corrected chi connectivity index (χ1v) is 8.54. The molecular weight excluding hydrogens is 316 g/mol. The van der Waals surface area contributed by atoms with Crippen molar-refractivity contribution in [3.8, 4) is 5.75 Å². The number of carbonyl (C=O) groups is 2. The Kier molecular flexibility index (Phi) is 5.92. The van der Waals surface area contributed by atoms with E-state index >= 15 is 0 Å². The van der Waals surface area contributed by atoms with Crippen molar-refractivity contribution < 1.29 is 19.1 Å². The van der Waals surface area contributed by atoms with Gasteiger partial charge in [0.05, 0.1) is 18.7 Å². The molecule has 0 fully saturated rings. The number of urea groups is 1. The number of thioether (sulfide) groups is 1. The molecule has 1 aromatic rings. The highest BCUT2D eigenvalue weighted by molar-refractivity contribution is 7.98. The lowest BCUT2D eigenvalue weighted by atomic mass is 9.95. The van der Waals surface area contributed by atoms with Crippen LogP contribution in [-0.4, -0.2) is 37.7 Å². The summed E-state index contributed by atoms with van der Waals surface area (Å²) in [4.78, 5) is 24.2. The highest BCUT2D eigenvalue weighted by atomic mass is 32.2. The van der Waals surface area contributed by atoms with Crippen LogP contribution in [0.3, 0.4) is 0 Å². The van der Waals surface area contributed by atoms with Gasteiger partial charge in [0, 0.05) is 11.4 Å². The molecule has 0 spiro atoms. The summed E-state index contributed by atoms with van der Waals surface area (Å²) >= 11 is 1.60. The van der Waals surface area contributed by atoms with Crippen molar-refractivity contribution in [2.24, 2.45) is 0 Å². The molecular formula is C16H20N2O4S. The maximum atomic E-state index is 12.4. The zero-order valence-electron chi connectivity index (χ0n) is 13.3. The predicted octanol–water partition coefficient (Wildman–Crippen LogP) is 2.23. The van der Waals surface area contributed by atoms with E-state index in [1.807, 2.05) is 18.4 Å². The van der Waals surface area contributed by atoms with Crippen LogP contribution in [0, 0.1) is 0 Å². The topological polar surface area (TPSA) is 76.7 Å². The third-order valence-corrected chi connectivity index (χ3v) is 4.01. The molecule has 7 heteroatoms. The summed E-state index contributed by atoms with van der Waals surface area (Å²) in [6, 6.07) is 6.32. The van der Waals surface area contributed by atoms with Crippen molar-refractivity contribution in [3.05, 3.63) is 41.1 Å². The van der Waals surface area contributed by atoms with Crippen LogP contribution >= 0.6 is 11.8 Å². The fraction of sp³-hybridized carbons (Fsp3) is 0.375. The van der Waals surface area contributed by atoms with E-state index in [4.69, 9.17) is 9.47 Å². The lowest BCUT2D eigenvalue weighted by molar-refractivity contribution is -0.138. The number of esters is 1. The Morgan fingerprint density at radius 1 is 1.39 bits per heavy atom. The molecule has 1 aromatic carbocycles. The van der Waals surface area contributed by atoms with Crippen LogP contribution in [0.15, 0.2) is 35.5 Å². The van der Waals surface area contributed by atoms with Gasteiger partial charge >= 0.3 is 12.0 Å². The summed E-state index contributed by atoms with van der Waals surface area (Å²) in [6.07, 6.45) is 1.94. The fourth-order valence-electron chi connectivity index (χ4n) is 2.33. The van der Waals surface area contributed by atoms with Gasteiger partial charge in [-0.2, -0.15) is 11.8 Å². The molecule has 2 amide bonds. The van der Waals surface area contributed by atoms with Crippen LogP contribution in [-0.2, 0) is 9.53 Å². The second kappa shape index (κ2) is 7.92. The van der Waals surface area contributed by atoms with Gasteiger partial charge in [0.15, 0.2) is 0 Å². The van der Waals surface area contributed by atoms with Crippen LogP contribution in [0.25, 0.3) is 0 Å². The third-order valence-electron chi connectivity index (χ3n) is 3.44. The van der Waals surface area contributed by atoms with Crippen molar-refractivity contribution in [1.29, 1.82) is 0 Å². The summed E-state index contributed by atoms with van der Waals surface area (Å²) in [6.45, 7) is 2.02. The lowest BCUT2D eigenvalue weighted by Crippen LogP contribution is -2.45. The standard InChI is InChI=1S/C16H20N2O4S/c1-10-13(15(19)22-7-8-23-3)14(18-16(20)17-10)11-5-4-6-12(9-11)21-2/h4-6,9,14H,7-8H2,1-3H3,(H2,17,18,20)/t14-/m0/s1. The van der Waals surface area contributed by atoms with E-state index in [9.17, 15) is 9.59 Å². The first-order valence-electron chi connectivity index (χ1n) is 7.15. The van der Waals surface area contributed by atoms with Crippen LogP contribution in [0.4, 0.5) is 4.79 Å². The number of nitrogens with one attached hydrogen (secondary N) is 2. The van der Waals surface area contributed by atoms with Crippen molar-refractivity contribution in [3.63, 3.8) is 0 Å². The van der Waals surface area contributed by atoms with Crippen LogP contribution in [0.5, 0.6) is 5.75 Å². The minimum Gasteiger partial charge on any atom is -0.497 e. The fourth-order valence-corrected chi connectivity index (χ4v) is 2.58. The number of allylic oxidation sites excluding steroid dienone is 1. The molecule has 0 radical (unpaired) electrons. The maximum absolute atomic E-state index is 12.4. The molecule has 0 saturated carbocycles. The highest BCUT2D eigenvalue weighted by Gasteiger charge is 2.32. The number of benzene rings is 1. The SMILES string of the molecule is COc1cccc([C@@H]2NC(=O)NC(C)=C2C(=O)OCCSC)c1. The van der Waals surface area contributed by atoms with Crippen molar-refractivity contribution >= 4 is 23.8 Å². The quantitative estimate of drug-likeness (QED) is 0.615. The number of rotatable bonds is 6. The maximum Gasteiger partial charge on any atom is 0.338 e. The van der Waals surface area contributed by atoms with Gasteiger partial charge in [0.1, 0.15) is 12.4 Å². The number of hydrogen-bond donors (Lipinski definition) is 2. The van der Waals surface area contributed by atoms with Crippen LogP contribution in [0.1, 0.15) is 18.5 Å². The van der Waals surface area contributed by atoms with E-state index in [1.54, 1.807) is 37.9 Å².